The van der Waals surface area contributed by atoms with E-state index >= 15 is 0 Å². The predicted octanol–water partition coefficient (Wildman–Crippen LogP) is 7.34. The van der Waals surface area contributed by atoms with Crippen molar-refractivity contribution in [3.05, 3.63) is 0 Å². The Hall–Kier alpha value is -0.0500. The summed E-state index contributed by atoms with van der Waals surface area (Å²) in [6, 6.07) is 0. The molecule has 2 fully saturated rings. The van der Waals surface area contributed by atoms with Gasteiger partial charge in [0.1, 0.15) is 0 Å². The number of carboxylic acids is 1. The first kappa shape index (κ1) is 21.3. The fourth-order valence-electron chi connectivity index (χ4n) is 5.27. The van der Waals surface area contributed by atoms with Gasteiger partial charge in [0, 0.05) is 4.83 Å². The molecule has 0 aromatic rings. The highest BCUT2D eigenvalue weighted by Gasteiger charge is 2.48. The van der Waals surface area contributed by atoms with E-state index in [-0.39, 0.29) is 0 Å². The molecular weight excluding hydrogens is 376 g/mol. The lowest BCUT2D eigenvalue weighted by Gasteiger charge is -2.44. The summed E-state index contributed by atoms with van der Waals surface area (Å²) in [6.45, 7) is 2.27. The van der Waals surface area contributed by atoms with Crippen molar-refractivity contribution < 1.29 is 9.90 Å². The second-order valence-corrected chi connectivity index (χ2v) is 10.1. The lowest BCUT2D eigenvalue weighted by Crippen LogP contribution is -2.43. The SMILES string of the molecule is CCCCCCCCCC1CCC(C(=O)O)(C2CCC(Br)CC2)CC1. The normalized spacial score (nSPS) is 33.3. The number of halogens is 1. The number of unbranched alkanes of at least 4 members (excludes halogenated alkanes) is 6. The van der Waals surface area contributed by atoms with Gasteiger partial charge in [-0.3, -0.25) is 4.79 Å². The van der Waals surface area contributed by atoms with Crippen molar-refractivity contribution in [2.24, 2.45) is 17.3 Å². The zero-order valence-corrected chi connectivity index (χ0v) is 17.9. The van der Waals surface area contributed by atoms with Gasteiger partial charge in [-0.25, -0.2) is 0 Å². The van der Waals surface area contributed by atoms with Crippen LogP contribution in [0.15, 0.2) is 0 Å². The summed E-state index contributed by atoms with van der Waals surface area (Å²) in [7, 11) is 0. The molecule has 1 N–H and O–H groups in total. The van der Waals surface area contributed by atoms with Gasteiger partial charge in [0.15, 0.2) is 0 Å². The molecule has 0 aromatic heterocycles. The number of carboxylic acid groups (broad SMARTS) is 1. The highest BCUT2D eigenvalue weighted by atomic mass is 79.9. The molecule has 3 heteroatoms. The first-order chi connectivity index (χ1) is 12.1. The third kappa shape index (κ3) is 6.26. The molecule has 2 aliphatic carbocycles. The summed E-state index contributed by atoms with van der Waals surface area (Å²) in [5.74, 6) is 0.703. The van der Waals surface area contributed by atoms with Crippen molar-refractivity contribution in [1.82, 2.24) is 0 Å². The van der Waals surface area contributed by atoms with Crippen LogP contribution in [0.2, 0.25) is 0 Å². The van der Waals surface area contributed by atoms with Crippen LogP contribution in [0.1, 0.15) is 110 Å². The maximum Gasteiger partial charge on any atom is 0.309 e. The van der Waals surface area contributed by atoms with E-state index in [2.05, 4.69) is 22.9 Å². The van der Waals surface area contributed by atoms with Gasteiger partial charge in [0.05, 0.1) is 5.41 Å². The van der Waals surface area contributed by atoms with Gasteiger partial charge >= 0.3 is 5.97 Å². The lowest BCUT2D eigenvalue weighted by molar-refractivity contribution is -0.157. The quantitative estimate of drug-likeness (QED) is 0.299. The van der Waals surface area contributed by atoms with Crippen LogP contribution in [0.5, 0.6) is 0 Å². The topological polar surface area (TPSA) is 37.3 Å². The van der Waals surface area contributed by atoms with E-state index in [1.54, 1.807) is 0 Å². The Bertz CT molecular complexity index is 379. The van der Waals surface area contributed by atoms with Crippen molar-refractivity contribution in [3.8, 4) is 0 Å². The van der Waals surface area contributed by atoms with Gasteiger partial charge < -0.3 is 5.11 Å². The summed E-state index contributed by atoms with van der Waals surface area (Å²) in [4.78, 5) is 12.8. The van der Waals surface area contributed by atoms with E-state index in [0.29, 0.717) is 10.7 Å². The molecule has 2 nitrogen and oxygen atoms in total. The standard InChI is InChI=1S/C22H39BrO2/c1-2-3-4-5-6-7-8-9-18-14-16-22(17-15-18,21(24)25)19-10-12-20(23)13-11-19/h18-20H,2-17H2,1H3,(H,24,25). The lowest BCUT2D eigenvalue weighted by atomic mass is 9.59. The van der Waals surface area contributed by atoms with Gasteiger partial charge in [0.25, 0.3) is 0 Å². The van der Waals surface area contributed by atoms with Gasteiger partial charge in [-0.2, -0.15) is 0 Å². The summed E-state index contributed by atoms with van der Waals surface area (Å²) in [6.07, 6.45) is 19.6. The zero-order chi connectivity index (χ0) is 18.1. The summed E-state index contributed by atoms with van der Waals surface area (Å²) < 4.78 is 0. The smallest absolute Gasteiger partial charge is 0.309 e. The molecule has 146 valence electrons. The van der Waals surface area contributed by atoms with Crippen LogP contribution in [0.4, 0.5) is 0 Å². The number of alkyl halides is 1. The van der Waals surface area contributed by atoms with Gasteiger partial charge in [-0.1, -0.05) is 74.2 Å². The molecule has 0 aromatic carbocycles. The largest absolute Gasteiger partial charge is 0.481 e. The van der Waals surface area contributed by atoms with E-state index < -0.39 is 11.4 Å². The summed E-state index contributed by atoms with van der Waals surface area (Å²) in [5.41, 5.74) is -0.399. The second kappa shape index (κ2) is 10.9. The molecule has 2 rings (SSSR count). The third-order valence-electron chi connectivity index (χ3n) is 7.08. The molecule has 0 aliphatic heterocycles. The summed E-state index contributed by atoms with van der Waals surface area (Å²) >= 11 is 3.71. The molecule has 2 aliphatic rings. The third-order valence-corrected chi connectivity index (χ3v) is 7.99. The number of carbonyl (C=O) groups is 1. The van der Waals surface area contributed by atoms with Crippen LogP contribution >= 0.6 is 15.9 Å². The van der Waals surface area contributed by atoms with Crippen molar-refractivity contribution in [2.75, 3.05) is 0 Å². The van der Waals surface area contributed by atoms with Crippen LogP contribution in [-0.4, -0.2) is 15.9 Å². The fraction of sp³-hybridized carbons (Fsp3) is 0.955. The molecular formula is C22H39BrO2. The average molecular weight is 415 g/mol. The van der Waals surface area contributed by atoms with Crippen LogP contribution in [0, 0.1) is 17.3 Å². The minimum atomic E-state index is -0.500. The van der Waals surface area contributed by atoms with Crippen LogP contribution in [0.25, 0.3) is 0 Å². The molecule has 0 heterocycles. The molecule has 0 amide bonds. The van der Waals surface area contributed by atoms with E-state index in [1.807, 2.05) is 0 Å². The Labute approximate surface area is 163 Å². The molecule has 2 saturated carbocycles. The number of rotatable bonds is 10. The van der Waals surface area contributed by atoms with E-state index in [9.17, 15) is 9.90 Å². The maximum atomic E-state index is 12.1. The molecule has 25 heavy (non-hydrogen) atoms. The number of hydrogen-bond donors (Lipinski definition) is 1. The van der Waals surface area contributed by atoms with Gasteiger partial charge in [-0.15, -0.1) is 0 Å². The Balaban J connectivity index is 1.70. The van der Waals surface area contributed by atoms with E-state index in [4.69, 9.17) is 0 Å². The van der Waals surface area contributed by atoms with Crippen LogP contribution in [-0.2, 0) is 4.79 Å². The highest BCUT2D eigenvalue weighted by molar-refractivity contribution is 9.09. The van der Waals surface area contributed by atoms with E-state index in [1.165, 1.54) is 51.4 Å². The molecule has 0 radical (unpaired) electrons. The average Bonchev–Trinajstić information content (AvgIpc) is 2.62. The Morgan fingerprint density at radius 3 is 2.04 bits per heavy atom. The Kier molecular flexibility index (Phi) is 9.30. The maximum absolute atomic E-state index is 12.1. The van der Waals surface area contributed by atoms with Gasteiger partial charge in [-0.05, 0) is 63.2 Å². The minimum Gasteiger partial charge on any atom is -0.481 e. The van der Waals surface area contributed by atoms with Crippen molar-refractivity contribution >= 4 is 21.9 Å². The van der Waals surface area contributed by atoms with Crippen molar-refractivity contribution in [1.29, 1.82) is 0 Å². The van der Waals surface area contributed by atoms with Gasteiger partial charge in [0.2, 0.25) is 0 Å². The Morgan fingerprint density at radius 1 is 0.920 bits per heavy atom. The molecule has 0 bridgehead atoms. The first-order valence-electron chi connectivity index (χ1n) is 11.0. The van der Waals surface area contributed by atoms with E-state index in [0.717, 1.165) is 57.3 Å². The van der Waals surface area contributed by atoms with Crippen LogP contribution in [0.3, 0.4) is 0 Å². The first-order valence-corrected chi connectivity index (χ1v) is 11.9. The van der Waals surface area contributed by atoms with Crippen molar-refractivity contribution in [3.63, 3.8) is 0 Å². The second-order valence-electron chi connectivity index (χ2n) is 8.76. The Morgan fingerprint density at radius 2 is 1.48 bits per heavy atom. The number of hydrogen-bond acceptors (Lipinski definition) is 1. The minimum absolute atomic E-state index is 0.399. The molecule has 0 atom stereocenters. The predicted molar refractivity (Wildman–Crippen MR) is 109 cm³/mol. The molecule has 0 saturated heterocycles. The van der Waals surface area contributed by atoms with Crippen LogP contribution < -0.4 is 0 Å². The number of aliphatic carboxylic acids is 1. The summed E-state index contributed by atoms with van der Waals surface area (Å²) in [5, 5.41) is 10.00. The monoisotopic (exact) mass is 414 g/mol. The van der Waals surface area contributed by atoms with Crippen molar-refractivity contribution in [2.45, 2.75) is 114 Å². The fourth-order valence-corrected chi connectivity index (χ4v) is 5.80. The molecule has 0 unspecified atom stereocenters. The molecule has 0 spiro atoms. The zero-order valence-electron chi connectivity index (χ0n) is 16.3. The highest BCUT2D eigenvalue weighted by Crippen LogP contribution is 2.51.